The summed E-state index contributed by atoms with van der Waals surface area (Å²) in [6, 6.07) is 0. The molecule has 4 N–H and O–H groups in total. The van der Waals surface area contributed by atoms with E-state index in [0.717, 1.165) is 32.1 Å². The number of esters is 2. The Labute approximate surface area is 377 Å². The summed E-state index contributed by atoms with van der Waals surface area (Å²) in [7, 11) is -4.60. The first-order valence-corrected chi connectivity index (χ1v) is 26.9. The van der Waals surface area contributed by atoms with Gasteiger partial charge < -0.3 is 34.3 Å². The molecule has 62 heavy (non-hydrogen) atoms. The first-order chi connectivity index (χ1) is 30.0. The molecule has 0 amide bonds. The highest BCUT2D eigenvalue weighted by Gasteiger charge is 2.46. The monoisotopic (exact) mass is 905 g/mol. The minimum atomic E-state index is -4.60. The summed E-state index contributed by atoms with van der Waals surface area (Å²) in [5.41, 5.74) is 0. The third-order valence-electron chi connectivity index (χ3n) is 11.9. The average molecular weight is 905 g/mol. The van der Waals surface area contributed by atoms with E-state index in [1.165, 1.54) is 161 Å². The molecule has 0 aromatic carbocycles. The Bertz CT molecular complexity index is 1200. The van der Waals surface area contributed by atoms with Gasteiger partial charge in [-0.15, -0.1) is 0 Å². The molecule has 12 nitrogen and oxygen atoms in total. The fourth-order valence-corrected chi connectivity index (χ4v) is 8.62. The Morgan fingerprint density at radius 2 is 0.952 bits per heavy atom. The van der Waals surface area contributed by atoms with Gasteiger partial charge in [-0.2, -0.15) is 8.42 Å². The molecule has 2 unspecified atom stereocenters. The molecule has 1 aliphatic rings. The van der Waals surface area contributed by atoms with Crippen LogP contribution in [-0.2, 0) is 38.7 Å². The highest BCUT2D eigenvalue weighted by atomic mass is 32.2. The van der Waals surface area contributed by atoms with E-state index in [4.69, 9.17) is 18.9 Å². The molecular weight excluding hydrogens is 813 g/mol. The van der Waals surface area contributed by atoms with Crippen molar-refractivity contribution in [3.05, 3.63) is 12.2 Å². The summed E-state index contributed by atoms with van der Waals surface area (Å²) in [6.07, 6.45) is 34.1. The second-order valence-corrected chi connectivity index (χ2v) is 19.3. The van der Waals surface area contributed by atoms with Crippen LogP contribution in [0.15, 0.2) is 12.2 Å². The highest BCUT2D eigenvalue weighted by Crippen LogP contribution is 2.24. The first kappa shape index (κ1) is 58.4. The number of allylic oxidation sites excluding steroid dienone is 2. The predicted octanol–water partition coefficient (Wildman–Crippen LogP) is 11.0. The van der Waals surface area contributed by atoms with Crippen LogP contribution in [0.2, 0.25) is 0 Å². The van der Waals surface area contributed by atoms with E-state index < -0.39 is 71.2 Å². The largest absolute Gasteiger partial charge is 0.462 e. The van der Waals surface area contributed by atoms with Crippen LogP contribution in [0, 0.1) is 0 Å². The molecule has 0 spiro atoms. The summed E-state index contributed by atoms with van der Waals surface area (Å²) < 4.78 is 54.1. The number of unbranched alkanes of at least 4 members (excludes halogenated alkanes) is 29. The Hall–Kier alpha value is -1.61. The van der Waals surface area contributed by atoms with Crippen molar-refractivity contribution in [2.45, 2.75) is 269 Å². The number of hydrogen-bond donors (Lipinski definition) is 4. The molecule has 0 saturated carbocycles. The second-order valence-electron chi connectivity index (χ2n) is 17.8. The van der Waals surface area contributed by atoms with E-state index >= 15 is 0 Å². The third-order valence-corrected chi connectivity index (χ3v) is 12.6. The van der Waals surface area contributed by atoms with Gasteiger partial charge in [-0.05, 0) is 25.7 Å². The molecule has 0 bridgehead atoms. The van der Waals surface area contributed by atoms with Gasteiger partial charge in [0.25, 0.3) is 10.1 Å². The van der Waals surface area contributed by atoms with Crippen LogP contribution in [-0.4, -0.2) is 96.0 Å². The molecule has 6 atom stereocenters. The molecule has 366 valence electrons. The molecule has 0 radical (unpaired) electrons. The van der Waals surface area contributed by atoms with Crippen molar-refractivity contribution < 1.29 is 56.8 Å². The lowest BCUT2D eigenvalue weighted by Crippen LogP contribution is -2.60. The Balaban J connectivity index is 2.39. The molecule has 0 aliphatic carbocycles. The molecular formula is C49H92O12S. The van der Waals surface area contributed by atoms with Crippen LogP contribution >= 0.6 is 0 Å². The smallest absolute Gasteiger partial charge is 0.306 e. The number of carbonyl (C=O) groups excluding carboxylic acids is 2. The maximum atomic E-state index is 12.9. The lowest BCUT2D eigenvalue weighted by atomic mass is 10.00. The van der Waals surface area contributed by atoms with Gasteiger partial charge in [0.1, 0.15) is 36.8 Å². The minimum absolute atomic E-state index is 0.140. The average Bonchev–Trinajstić information content (AvgIpc) is 3.24. The van der Waals surface area contributed by atoms with E-state index in [1.54, 1.807) is 0 Å². The maximum Gasteiger partial charge on any atom is 0.306 e. The summed E-state index contributed by atoms with van der Waals surface area (Å²) in [5.74, 6) is -2.03. The van der Waals surface area contributed by atoms with Gasteiger partial charge in [-0.1, -0.05) is 206 Å². The number of aliphatic hydroxyl groups is 3. The van der Waals surface area contributed by atoms with Crippen LogP contribution in [0.5, 0.6) is 0 Å². The van der Waals surface area contributed by atoms with Crippen LogP contribution < -0.4 is 0 Å². The molecule has 1 saturated heterocycles. The molecule has 0 aromatic heterocycles. The van der Waals surface area contributed by atoms with Crippen LogP contribution in [0.1, 0.15) is 232 Å². The second kappa shape index (κ2) is 39.7. The Morgan fingerprint density at radius 1 is 0.532 bits per heavy atom. The van der Waals surface area contributed by atoms with E-state index in [1.807, 2.05) is 6.08 Å². The van der Waals surface area contributed by atoms with Gasteiger partial charge in [0, 0.05) is 12.8 Å². The van der Waals surface area contributed by atoms with E-state index in [2.05, 4.69) is 19.9 Å². The fourth-order valence-electron chi connectivity index (χ4n) is 7.93. The zero-order valence-electron chi connectivity index (χ0n) is 39.2. The topological polar surface area (TPSA) is 186 Å². The summed E-state index contributed by atoms with van der Waals surface area (Å²) in [5, 5.41) is 30.9. The summed E-state index contributed by atoms with van der Waals surface area (Å²) in [4.78, 5) is 25.5. The van der Waals surface area contributed by atoms with Crippen molar-refractivity contribution >= 4 is 22.1 Å². The molecule has 1 fully saturated rings. The highest BCUT2D eigenvalue weighted by molar-refractivity contribution is 7.85. The Morgan fingerprint density at radius 3 is 1.40 bits per heavy atom. The van der Waals surface area contributed by atoms with E-state index in [0.29, 0.717) is 12.8 Å². The maximum absolute atomic E-state index is 12.9. The van der Waals surface area contributed by atoms with Crippen LogP contribution in [0.3, 0.4) is 0 Å². The van der Waals surface area contributed by atoms with E-state index in [9.17, 15) is 37.9 Å². The van der Waals surface area contributed by atoms with Gasteiger partial charge >= 0.3 is 11.9 Å². The lowest BCUT2D eigenvalue weighted by Gasteiger charge is -2.40. The quantitative estimate of drug-likeness (QED) is 0.0197. The normalized spacial score (nSPS) is 19.9. The zero-order valence-corrected chi connectivity index (χ0v) is 40.1. The number of carbonyl (C=O) groups is 2. The standard InChI is InChI=1S/C49H92O12S/c1-3-5-7-9-11-13-15-17-19-20-21-22-24-26-28-30-32-34-36-38-45(51)60-42(40-59-49-48(54)47(53)46(52)43(61-49)41-62(55,56)57)39-58-44(50)37-35-33-31-29-27-25-23-18-16-14-12-10-8-6-4-2/h31,33,42-43,46-49,52-54H,3-30,32,34-41H2,1-2H3,(H,55,56,57)/b33-31+/t42-,43-,46-,47?,48?,49+/m1/s1. The SMILES string of the molecule is CCCCCCCCCCCCC/C=C/CCC(=O)OC[C@H](CO[C@H]1O[C@H](CS(=O)(=O)O)[C@@H](O)C(O)C1O)OC(=O)CCCCCCCCCCCCCCCCCCCCC. The van der Waals surface area contributed by atoms with Gasteiger partial charge in [-0.3, -0.25) is 14.1 Å². The molecule has 13 heteroatoms. The van der Waals surface area contributed by atoms with Crippen molar-refractivity contribution in [3.8, 4) is 0 Å². The van der Waals surface area contributed by atoms with Crippen molar-refractivity contribution in [1.82, 2.24) is 0 Å². The number of ether oxygens (including phenoxy) is 4. The Kier molecular flexibility index (Phi) is 37.4. The molecule has 0 aromatic rings. The third kappa shape index (κ3) is 33.8. The lowest BCUT2D eigenvalue weighted by molar-refractivity contribution is -0.297. The summed E-state index contributed by atoms with van der Waals surface area (Å²) in [6.45, 7) is 3.76. The van der Waals surface area contributed by atoms with Gasteiger partial charge in [0.2, 0.25) is 0 Å². The van der Waals surface area contributed by atoms with E-state index in [-0.39, 0.29) is 19.4 Å². The van der Waals surface area contributed by atoms with Crippen molar-refractivity contribution in [2.75, 3.05) is 19.0 Å². The van der Waals surface area contributed by atoms with Crippen LogP contribution in [0.25, 0.3) is 0 Å². The van der Waals surface area contributed by atoms with Gasteiger partial charge in [0.15, 0.2) is 12.4 Å². The fraction of sp³-hybridized carbons (Fsp3) is 0.918. The summed E-state index contributed by atoms with van der Waals surface area (Å²) >= 11 is 0. The molecule has 1 aliphatic heterocycles. The number of aliphatic hydroxyl groups excluding tert-OH is 3. The van der Waals surface area contributed by atoms with Crippen LogP contribution in [0.4, 0.5) is 0 Å². The van der Waals surface area contributed by atoms with Crippen molar-refractivity contribution in [3.63, 3.8) is 0 Å². The van der Waals surface area contributed by atoms with Crippen molar-refractivity contribution in [1.29, 1.82) is 0 Å². The van der Waals surface area contributed by atoms with Crippen molar-refractivity contribution in [2.24, 2.45) is 0 Å². The predicted molar refractivity (Wildman–Crippen MR) is 247 cm³/mol. The van der Waals surface area contributed by atoms with Gasteiger partial charge in [-0.25, -0.2) is 0 Å². The number of hydrogen-bond acceptors (Lipinski definition) is 11. The minimum Gasteiger partial charge on any atom is -0.462 e. The number of rotatable bonds is 43. The zero-order chi connectivity index (χ0) is 45.5. The molecule has 1 rings (SSSR count). The van der Waals surface area contributed by atoms with Gasteiger partial charge in [0.05, 0.1) is 6.61 Å². The molecule has 1 heterocycles. The first-order valence-electron chi connectivity index (χ1n) is 25.2.